The van der Waals surface area contributed by atoms with E-state index in [1.54, 1.807) is 32.9 Å². The van der Waals surface area contributed by atoms with E-state index in [4.69, 9.17) is 15.2 Å². The lowest BCUT2D eigenvalue weighted by atomic mass is 10.2. The van der Waals surface area contributed by atoms with E-state index >= 15 is 0 Å². The van der Waals surface area contributed by atoms with Crippen LogP contribution in [0.5, 0.6) is 5.75 Å². The molecule has 0 unspecified atom stereocenters. The number of anilines is 2. The van der Waals surface area contributed by atoms with Crippen molar-refractivity contribution in [1.29, 1.82) is 0 Å². The number of hydrogen-bond donors (Lipinski definition) is 2. The molecule has 3 N–H and O–H groups in total. The molecule has 0 aliphatic carbocycles. The molecule has 1 heterocycles. The van der Waals surface area contributed by atoms with Gasteiger partial charge in [0.15, 0.2) is 0 Å². The van der Waals surface area contributed by atoms with Crippen LogP contribution in [0, 0.1) is 5.82 Å². The third-order valence-corrected chi connectivity index (χ3v) is 5.99. The number of benzene rings is 2. The Morgan fingerprint density at radius 2 is 1.93 bits per heavy atom. The van der Waals surface area contributed by atoms with Gasteiger partial charge in [0.1, 0.15) is 23.3 Å². The average molecular weight is 437 g/mol. The smallest absolute Gasteiger partial charge is 0.412 e. The van der Waals surface area contributed by atoms with E-state index in [1.807, 2.05) is 0 Å². The van der Waals surface area contributed by atoms with Crippen LogP contribution in [0.3, 0.4) is 0 Å². The van der Waals surface area contributed by atoms with E-state index in [0.29, 0.717) is 11.4 Å². The molecule has 162 valence electrons. The first-order chi connectivity index (χ1) is 14.0. The lowest BCUT2D eigenvalue weighted by molar-refractivity contribution is 0.0636. The summed E-state index contributed by atoms with van der Waals surface area (Å²) in [4.78, 5) is 12.0. The number of nitrogens with zero attached hydrogens (tertiary/aromatic N) is 1. The van der Waals surface area contributed by atoms with E-state index in [9.17, 15) is 17.6 Å². The summed E-state index contributed by atoms with van der Waals surface area (Å²) < 4.78 is 51.9. The summed E-state index contributed by atoms with van der Waals surface area (Å²) in [5.41, 5.74) is 5.59. The maximum Gasteiger partial charge on any atom is 0.412 e. The molecule has 0 aromatic heterocycles. The molecule has 0 bridgehead atoms. The first kappa shape index (κ1) is 21.8. The molecular formula is C20H24FN3O5S. The maximum atomic E-state index is 13.3. The van der Waals surface area contributed by atoms with Crippen molar-refractivity contribution >= 4 is 27.5 Å². The van der Waals surface area contributed by atoms with Crippen LogP contribution in [0.4, 0.5) is 20.6 Å². The number of carbonyl (C=O) groups excluding carboxylic acids is 1. The molecule has 3 rings (SSSR count). The van der Waals surface area contributed by atoms with E-state index in [1.165, 1.54) is 18.2 Å². The van der Waals surface area contributed by atoms with Crippen LogP contribution < -0.4 is 20.1 Å². The van der Waals surface area contributed by atoms with E-state index < -0.39 is 33.6 Å². The van der Waals surface area contributed by atoms with Crippen molar-refractivity contribution in [1.82, 2.24) is 0 Å². The fourth-order valence-corrected chi connectivity index (χ4v) is 4.39. The second-order valence-electron chi connectivity index (χ2n) is 7.78. The molecule has 2 aromatic carbocycles. The topological polar surface area (TPSA) is 111 Å². The summed E-state index contributed by atoms with van der Waals surface area (Å²) in [6, 6.07) is 9.15. The predicted molar refractivity (Wildman–Crippen MR) is 111 cm³/mol. The zero-order chi connectivity index (χ0) is 22.1. The molecule has 30 heavy (non-hydrogen) atoms. The van der Waals surface area contributed by atoms with Crippen LogP contribution in [0.1, 0.15) is 20.8 Å². The number of rotatable bonds is 4. The molecule has 1 atom stereocenters. The minimum absolute atomic E-state index is 0.0287. The highest BCUT2D eigenvalue weighted by Crippen LogP contribution is 2.39. The number of halogens is 1. The van der Waals surface area contributed by atoms with E-state index in [2.05, 4.69) is 5.32 Å². The van der Waals surface area contributed by atoms with Gasteiger partial charge in [-0.25, -0.2) is 17.6 Å². The number of fused-ring (bicyclic) bond motifs is 1. The Morgan fingerprint density at radius 3 is 2.53 bits per heavy atom. The fraction of sp³-hybridized carbons (Fsp3) is 0.350. The highest BCUT2D eigenvalue weighted by molar-refractivity contribution is 7.92. The molecule has 2 aromatic rings. The Labute approximate surface area is 174 Å². The van der Waals surface area contributed by atoms with Crippen molar-refractivity contribution in [2.75, 3.05) is 22.7 Å². The molecule has 0 saturated carbocycles. The molecule has 1 aliphatic rings. The normalized spacial score (nSPS) is 16.4. The monoisotopic (exact) mass is 437 g/mol. The van der Waals surface area contributed by atoms with Gasteiger partial charge in [-0.2, -0.15) is 0 Å². The second-order valence-corrected chi connectivity index (χ2v) is 9.64. The summed E-state index contributed by atoms with van der Waals surface area (Å²) >= 11 is 0. The van der Waals surface area contributed by atoms with Crippen molar-refractivity contribution in [2.45, 2.75) is 37.4 Å². The maximum absolute atomic E-state index is 13.3. The van der Waals surface area contributed by atoms with Crippen LogP contribution in [0.2, 0.25) is 0 Å². The third-order valence-electron chi connectivity index (χ3n) is 4.20. The van der Waals surface area contributed by atoms with Gasteiger partial charge in [0.05, 0.1) is 17.1 Å². The molecule has 0 fully saturated rings. The molecule has 0 spiro atoms. The van der Waals surface area contributed by atoms with Crippen LogP contribution in [0.25, 0.3) is 0 Å². The van der Waals surface area contributed by atoms with Crippen molar-refractivity contribution < 1.29 is 27.1 Å². The Kier molecular flexibility index (Phi) is 5.91. The van der Waals surface area contributed by atoms with Gasteiger partial charge < -0.3 is 15.2 Å². The summed E-state index contributed by atoms with van der Waals surface area (Å²) in [6.07, 6.45) is -1.23. The third kappa shape index (κ3) is 4.82. The standard InChI is InChI=1S/C20H24FN3O5S/c1-20(2,3)29-19(25)23-14-6-9-18-17(10-14)24(12-15(11-22)28-18)30(26,27)16-7-4-13(21)5-8-16/h4-10,15H,11-12,22H2,1-3H3,(H,23,25)/t15-/m0/s1. The fourth-order valence-electron chi connectivity index (χ4n) is 2.90. The Morgan fingerprint density at radius 1 is 1.27 bits per heavy atom. The van der Waals surface area contributed by atoms with Crippen molar-refractivity contribution in [2.24, 2.45) is 5.73 Å². The van der Waals surface area contributed by atoms with Gasteiger partial charge in [0.2, 0.25) is 0 Å². The minimum Gasteiger partial charge on any atom is -0.485 e. The van der Waals surface area contributed by atoms with Crippen LogP contribution >= 0.6 is 0 Å². The molecule has 0 saturated heterocycles. The number of sulfonamides is 1. The zero-order valence-corrected chi connectivity index (χ0v) is 17.7. The number of ether oxygens (including phenoxy) is 2. The number of carbonyl (C=O) groups is 1. The average Bonchev–Trinajstić information content (AvgIpc) is 2.65. The number of nitrogens with one attached hydrogen (secondary N) is 1. The van der Waals surface area contributed by atoms with E-state index in [-0.39, 0.29) is 23.7 Å². The molecular weight excluding hydrogens is 413 g/mol. The van der Waals surface area contributed by atoms with Crippen LogP contribution in [-0.4, -0.2) is 39.3 Å². The number of hydrogen-bond acceptors (Lipinski definition) is 6. The first-order valence-electron chi connectivity index (χ1n) is 9.29. The van der Waals surface area contributed by atoms with E-state index in [0.717, 1.165) is 16.4 Å². The second kappa shape index (κ2) is 8.11. The van der Waals surface area contributed by atoms with Gasteiger partial charge in [-0.1, -0.05) is 0 Å². The largest absolute Gasteiger partial charge is 0.485 e. The molecule has 0 radical (unpaired) electrons. The van der Waals surface area contributed by atoms with Gasteiger partial charge in [0, 0.05) is 12.2 Å². The summed E-state index contributed by atoms with van der Waals surface area (Å²) in [6.45, 7) is 5.28. The molecule has 10 heteroatoms. The van der Waals surface area contributed by atoms with Gasteiger partial charge in [-0.15, -0.1) is 0 Å². The quantitative estimate of drug-likeness (QED) is 0.760. The van der Waals surface area contributed by atoms with Gasteiger partial charge in [-0.3, -0.25) is 9.62 Å². The molecule has 1 aliphatic heterocycles. The van der Waals surface area contributed by atoms with Crippen LogP contribution in [0.15, 0.2) is 47.4 Å². The minimum atomic E-state index is -4.02. The Hall–Kier alpha value is -2.85. The summed E-state index contributed by atoms with van der Waals surface area (Å²) in [5, 5.41) is 2.58. The number of nitrogens with two attached hydrogens (primary N) is 1. The van der Waals surface area contributed by atoms with Crippen molar-refractivity contribution in [3.63, 3.8) is 0 Å². The lowest BCUT2D eigenvalue weighted by Crippen LogP contribution is -2.46. The Balaban J connectivity index is 1.98. The summed E-state index contributed by atoms with van der Waals surface area (Å²) in [5.74, 6) is -0.239. The highest BCUT2D eigenvalue weighted by atomic mass is 32.2. The number of amides is 1. The van der Waals surface area contributed by atoms with Crippen LogP contribution in [-0.2, 0) is 14.8 Å². The predicted octanol–water partition coefficient (Wildman–Crippen LogP) is 3.09. The Bertz CT molecular complexity index is 1040. The van der Waals surface area contributed by atoms with Gasteiger partial charge >= 0.3 is 6.09 Å². The highest BCUT2D eigenvalue weighted by Gasteiger charge is 2.34. The van der Waals surface area contributed by atoms with Gasteiger partial charge in [-0.05, 0) is 63.2 Å². The zero-order valence-electron chi connectivity index (χ0n) is 16.9. The summed E-state index contributed by atoms with van der Waals surface area (Å²) in [7, 11) is -4.02. The molecule has 1 amide bonds. The first-order valence-corrected chi connectivity index (χ1v) is 10.7. The van der Waals surface area contributed by atoms with Crippen molar-refractivity contribution in [3.8, 4) is 5.75 Å². The lowest BCUT2D eigenvalue weighted by Gasteiger charge is -2.35. The molecule has 8 nitrogen and oxygen atoms in total. The SMILES string of the molecule is CC(C)(C)OC(=O)Nc1ccc2c(c1)N(S(=O)(=O)c1ccc(F)cc1)C[C@H](CN)O2. The van der Waals surface area contributed by atoms with Crippen molar-refractivity contribution in [3.05, 3.63) is 48.3 Å². The van der Waals surface area contributed by atoms with Gasteiger partial charge in [0.25, 0.3) is 10.0 Å².